The Morgan fingerprint density at radius 2 is 0.762 bits per heavy atom. The van der Waals surface area contributed by atoms with E-state index in [1.807, 2.05) is 0 Å². The molecule has 0 bridgehead atoms. The highest BCUT2D eigenvalue weighted by molar-refractivity contribution is 6.36. The summed E-state index contributed by atoms with van der Waals surface area (Å²) in [6.45, 7) is 0. The zero-order chi connectivity index (χ0) is 27.6. The second-order valence-corrected chi connectivity index (χ2v) is 11.3. The molecule has 0 N–H and O–H groups in total. The molecule has 0 heteroatoms. The lowest BCUT2D eigenvalue weighted by atomic mass is 9.89. The number of allylic oxidation sites excluding steroid dienone is 2. The fraction of sp³-hybridized carbons (Fsp3) is 0. The van der Waals surface area contributed by atoms with Gasteiger partial charge in [-0.25, -0.2) is 0 Å². The van der Waals surface area contributed by atoms with Crippen molar-refractivity contribution in [2.24, 2.45) is 0 Å². The van der Waals surface area contributed by atoms with Gasteiger partial charge in [0.15, 0.2) is 0 Å². The Morgan fingerprint density at radius 1 is 0.238 bits per heavy atom. The maximum Gasteiger partial charge on any atom is -0.000741 e. The molecule has 0 saturated heterocycles. The summed E-state index contributed by atoms with van der Waals surface area (Å²) < 4.78 is 0. The van der Waals surface area contributed by atoms with Crippen LogP contribution in [0.15, 0.2) is 158 Å². The van der Waals surface area contributed by atoms with Gasteiger partial charge in [0.05, 0.1) is 0 Å². The van der Waals surface area contributed by atoms with Crippen LogP contribution in [-0.4, -0.2) is 0 Å². The van der Waals surface area contributed by atoms with Crippen LogP contribution in [0, 0.1) is 0 Å². The summed E-state index contributed by atoms with van der Waals surface area (Å²) in [5, 5.41) is 5.09. The van der Waals surface area contributed by atoms with Crippen LogP contribution in [0.5, 0.6) is 0 Å². The van der Waals surface area contributed by atoms with E-state index in [0.29, 0.717) is 0 Å². The van der Waals surface area contributed by atoms with E-state index in [4.69, 9.17) is 0 Å². The van der Waals surface area contributed by atoms with Crippen molar-refractivity contribution >= 4 is 43.8 Å². The van der Waals surface area contributed by atoms with Crippen LogP contribution in [0.1, 0.15) is 33.4 Å². The van der Waals surface area contributed by atoms with Gasteiger partial charge in [0.25, 0.3) is 0 Å². The molecule has 42 heavy (non-hydrogen) atoms. The summed E-state index contributed by atoms with van der Waals surface area (Å²) in [6.07, 6.45) is 0. The van der Waals surface area contributed by atoms with Gasteiger partial charge in [-0.05, 0) is 100 Å². The van der Waals surface area contributed by atoms with E-state index in [1.165, 1.54) is 88.3 Å². The molecule has 7 aromatic carbocycles. The van der Waals surface area contributed by atoms with Crippen molar-refractivity contribution in [3.8, 4) is 11.1 Å². The minimum Gasteiger partial charge on any atom is -0.0622 e. The van der Waals surface area contributed by atoms with Gasteiger partial charge >= 0.3 is 0 Å². The monoisotopic (exact) mass is 530 g/mol. The van der Waals surface area contributed by atoms with Gasteiger partial charge in [-0.1, -0.05) is 146 Å². The summed E-state index contributed by atoms with van der Waals surface area (Å²) in [5.41, 5.74) is 15.7. The molecule has 7 aromatic rings. The Hall–Kier alpha value is -5.46. The van der Waals surface area contributed by atoms with E-state index in [9.17, 15) is 0 Å². The third kappa shape index (κ3) is 3.36. The first-order chi connectivity index (χ1) is 20.8. The summed E-state index contributed by atoms with van der Waals surface area (Å²) in [7, 11) is 0. The number of rotatable bonds is 3. The Bertz CT molecular complexity index is 2270. The highest BCUT2D eigenvalue weighted by Crippen LogP contribution is 2.58. The number of fused-ring (bicyclic) bond motifs is 7. The highest BCUT2D eigenvalue weighted by Gasteiger charge is 2.37. The SMILES string of the molecule is c1ccc(-c2ccc3ccc(C4=C5C(=C(c6cccc7ccccc67)c6ccccc65)c5ccccc54)cc3c2)cc1. The lowest BCUT2D eigenvalue weighted by Crippen LogP contribution is -1.93. The van der Waals surface area contributed by atoms with Crippen LogP contribution in [0.2, 0.25) is 0 Å². The van der Waals surface area contributed by atoms with E-state index in [0.717, 1.165) is 0 Å². The third-order valence-corrected chi connectivity index (χ3v) is 8.98. The first-order valence-electron chi connectivity index (χ1n) is 14.6. The summed E-state index contributed by atoms with van der Waals surface area (Å²) >= 11 is 0. The van der Waals surface area contributed by atoms with Crippen LogP contribution < -0.4 is 0 Å². The van der Waals surface area contributed by atoms with E-state index in [1.54, 1.807) is 0 Å². The summed E-state index contributed by atoms with van der Waals surface area (Å²) in [6, 6.07) is 57.9. The van der Waals surface area contributed by atoms with Crippen LogP contribution in [0.4, 0.5) is 0 Å². The zero-order valence-electron chi connectivity index (χ0n) is 23.0. The average Bonchev–Trinajstić information content (AvgIpc) is 3.57. The normalized spacial score (nSPS) is 13.5. The Labute approximate surface area is 245 Å². The number of benzene rings is 7. The van der Waals surface area contributed by atoms with E-state index < -0.39 is 0 Å². The number of hydrogen-bond donors (Lipinski definition) is 0. The predicted molar refractivity (Wildman–Crippen MR) is 178 cm³/mol. The molecule has 2 aliphatic rings. The molecule has 0 aromatic heterocycles. The van der Waals surface area contributed by atoms with Crippen LogP contribution in [0.3, 0.4) is 0 Å². The zero-order valence-corrected chi connectivity index (χ0v) is 23.0. The molecule has 194 valence electrons. The lowest BCUT2D eigenvalue weighted by molar-refractivity contribution is 1.54. The van der Waals surface area contributed by atoms with Gasteiger partial charge in [-0.2, -0.15) is 0 Å². The van der Waals surface area contributed by atoms with Crippen molar-refractivity contribution in [3.63, 3.8) is 0 Å². The molecule has 0 heterocycles. The second kappa shape index (κ2) is 9.03. The smallest absolute Gasteiger partial charge is 0.000741 e. The minimum absolute atomic E-state index is 1.24. The fourth-order valence-corrected chi connectivity index (χ4v) is 7.13. The van der Waals surface area contributed by atoms with Crippen LogP contribution >= 0.6 is 0 Å². The topological polar surface area (TPSA) is 0 Å². The number of hydrogen-bond acceptors (Lipinski definition) is 0. The minimum atomic E-state index is 1.24. The van der Waals surface area contributed by atoms with Gasteiger partial charge in [0, 0.05) is 0 Å². The first kappa shape index (κ1) is 23.3. The molecule has 0 aliphatic heterocycles. The molecule has 0 atom stereocenters. The van der Waals surface area contributed by atoms with Gasteiger partial charge in [0.2, 0.25) is 0 Å². The molecule has 0 unspecified atom stereocenters. The molecule has 2 aliphatic carbocycles. The molecule has 0 nitrogen and oxygen atoms in total. The van der Waals surface area contributed by atoms with Gasteiger partial charge in [0.1, 0.15) is 0 Å². The average molecular weight is 531 g/mol. The quantitative estimate of drug-likeness (QED) is 0.213. The Balaban J connectivity index is 1.35. The fourth-order valence-electron chi connectivity index (χ4n) is 7.13. The summed E-state index contributed by atoms with van der Waals surface area (Å²) in [4.78, 5) is 0. The maximum absolute atomic E-state index is 2.39. The Morgan fingerprint density at radius 3 is 1.52 bits per heavy atom. The summed E-state index contributed by atoms with van der Waals surface area (Å²) in [5.74, 6) is 0. The first-order valence-corrected chi connectivity index (χ1v) is 14.6. The van der Waals surface area contributed by atoms with Crippen molar-refractivity contribution in [1.29, 1.82) is 0 Å². The molecule has 0 radical (unpaired) electrons. The van der Waals surface area contributed by atoms with Crippen LogP contribution in [-0.2, 0) is 0 Å². The van der Waals surface area contributed by atoms with Gasteiger partial charge < -0.3 is 0 Å². The standard InChI is InChI=1S/C42H26/c1-2-11-27(12-3-1)30-23-21-28-22-24-31(26-32(28)25-30)39-35-16-6-8-18-37(35)42-40(36-17-7-9-19-38(36)41(39)42)34-20-10-14-29-13-4-5-15-33(29)34/h1-26H. The van der Waals surface area contributed by atoms with Crippen LogP contribution in [0.25, 0.3) is 55.0 Å². The van der Waals surface area contributed by atoms with Gasteiger partial charge in [-0.15, -0.1) is 0 Å². The predicted octanol–water partition coefficient (Wildman–Crippen LogP) is 10.9. The van der Waals surface area contributed by atoms with E-state index in [-0.39, 0.29) is 0 Å². The maximum atomic E-state index is 2.39. The van der Waals surface area contributed by atoms with Gasteiger partial charge in [-0.3, -0.25) is 0 Å². The molecule has 0 amide bonds. The molecular weight excluding hydrogens is 504 g/mol. The molecule has 9 rings (SSSR count). The van der Waals surface area contributed by atoms with Crippen molar-refractivity contribution in [2.75, 3.05) is 0 Å². The van der Waals surface area contributed by atoms with Crippen molar-refractivity contribution in [3.05, 3.63) is 191 Å². The van der Waals surface area contributed by atoms with E-state index >= 15 is 0 Å². The largest absolute Gasteiger partial charge is 0.0622 e. The second-order valence-electron chi connectivity index (χ2n) is 11.3. The third-order valence-electron chi connectivity index (χ3n) is 8.98. The van der Waals surface area contributed by atoms with Crippen molar-refractivity contribution in [1.82, 2.24) is 0 Å². The molecule has 0 fully saturated rings. The highest BCUT2D eigenvalue weighted by atomic mass is 14.4. The lowest BCUT2D eigenvalue weighted by Gasteiger charge is -2.14. The molecule has 0 saturated carbocycles. The van der Waals surface area contributed by atoms with Crippen molar-refractivity contribution in [2.45, 2.75) is 0 Å². The van der Waals surface area contributed by atoms with Crippen molar-refractivity contribution < 1.29 is 0 Å². The molecular formula is C42H26. The Kier molecular flexibility index (Phi) is 5.00. The van der Waals surface area contributed by atoms with E-state index in [2.05, 4.69) is 158 Å². The molecule has 0 spiro atoms.